The summed E-state index contributed by atoms with van der Waals surface area (Å²) in [4.78, 5) is 13.6. The van der Waals surface area contributed by atoms with Crippen molar-refractivity contribution < 1.29 is 9.50 Å². The molecule has 1 aromatic heterocycles. The smallest absolute Gasteiger partial charge is 0.290 e. The Labute approximate surface area is 84.8 Å². The van der Waals surface area contributed by atoms with E-state index in [0.717, 1.165) is 0 Å². The highest BCUT2D eigenvalue weighted by molar-refractivity contribution is 5.59. The second kappa shape index (κ2) is 3.57. The van der Waals surface area contributed by atoms with Gasteiger partial charge < -0.3 is 10.1 Å². The molecule has 0 aliphatic rings. The molecule has 0 radical (unpaired) electrons. The minimum atomic E-state index is -0.558. The number of aromatic amines is 1. The number of pyridine rings is 1. The first kappa shape index (κ1) is 9.45. The molecule has 1 heterocycles. The number of aromatic nitrogens is 1. The maximum atomic E-state index is 12.6. The van der Waals surface area contributed by atoms with Crippen molar-refractivity contribution in [1.29, 1.82) is 0 Å². The lowest BCUT2D eigenvalue weighted by Gasteiger charge is -2.01. The number of benzene rings is 1. The summed E-state index contributed by atoms with van der Waals surface area (Å²) in [6, 6.07) is 8.58. The number of hydrogen-bond donors (Lipinski definition) is 2. The van der Waals surface area contributed by atoms with E-state index in [0.29, 0.717) is 11.3 Å². The number of nitrogens with one attached hydrogen (secondary N) is 1. The second-order valence-electron chi connectivity index (χ2n) is 3.09. The quantitative estimate of drug-likeness (QED) is 0.746. The Morgan fingerprint density at radius 2 is 1.73 bits per heavy atom. The van der Waals surface area contributed by atoms with E-state index in [-0.39, 0.29) is 11.6 Å². The molecular weight excluding hydrogens is 197 g/mol. The molecule has 2 aromatic rings. The lowest BCUT2D eigenvalue weighted by atomic mass is 10.1. The molecule has 0 atom stereocenters. The van der Waals surface area contributed by atoms with Gasteiger partial charge in [0, 0.05) is 5.69 Å². The highest BCUT2D eigenvalue weighted by atomic mass is 19.1. The minimum Gasteiger partial charge on any atom is -0.503 e. The van der Waals surface area contributed by atoms with Crippen LogP contribution in [0.25, 0.3) is 11.3 Å². The van der Waals surface area contributed by atoms with E-state index in [2.05, 4.69) is 4.98 Å². The third kappa shape index (κ3) is 1.88. The molecule has 0 unspecified atom stereocenters. The summed E-state index contributed by atoms with van der Waals surface area (Å²) < 4.78 is 12.6. The molecule has 0 saturated heterocycles. The average Bonchev–Trinajstić information content (AvgIpc) is 2.23. The molecule has 76 valence electrons. The van der Waals surface area contributed by atoms with Crippen LogP contribution in [0.2, 0.25) is 0 Å². The zero-order chi connectivity index (χ0) is 10.8. The van der Waals surface area contributed by atoms with Gasteiger partial charge in [-0.15, -0.1) is 0 Å². The topological polar surface area (TPSA) is 53.1 Å². The molecule has 0 bridgehead atoms. The highest BCUT2D eigenvalue weighted by Crippen LogP contribution is 2.16. The predicted octanol–water partition coefficient (Wildman–Crippen LogP) is 1.89. The third-order valence-electron chi connectivity index (χ3n) is 2.04. The number of aromatic hydroxyl groups is 1. The van der Waals surface area contributed by atoms with Crippen LogP contribution >= 0.6 is 0 Å². The van der Waals surface area contributed by atoms with Gasteiger partial charge in [0.1, 0.15) is 5.82 Å². The summed E-state index contributed by atoms with van der Waals surface area (Å²) in [5.74, 6) is -0.666. The molecule has 15 heavy (non-hydrogen) atoms. The maximum Gasteiger partial charge on any atom is 0.290 e. The molecule has 2 rings (SSSR count). The Bertz CT molecular complexity index is 531. The first-order valence-electron chi connectivity index (χ1n) is 4.35. The van der Waals surface area contributed by atoms with Crippen molar-refractivity contribution in [2.45, 2.75) is 0 Å². The van der Waals surface area contributed by atoms with Gasteiger partial charge in [0.15, 0.2) is 5.75 Å². The van der Waals surface area contributed by atoms with Gasteiger partial charge in [-0.05, 0) is 42.0 Å². The van der Waals surface area contributed by atoms with Crippen LogP contribution in [0.15, 0.2) is 41.2 Å². The van der Waals surface area contributed by atoms with Crippen molar-refractivity contribution in [3.05, 3.63) is 52.6 Å². The van der Waals surface area contributed by atoms with E-state index in [4.69, 9.17) is 5.11 Å². The summed E-state index contributed by atoms with van der Waals surface area (Å²) in [6.45, 7) is 0. The molecule has 0 amide bonds. The standard InChI is InChI=1S/C11H8FNO2/c12-8-3-1-7(2-4-8)9-5-6-10(14)11(15)13-9/h1-6,14H,(H,13,15). The number of rotatable bonds is 1. The van der Waals surface area contributed by atoms with Crippen molar-refractivity contribution in [3.8, 4) is 17.0 Å². The van der Waals surface area contributed by atoms with Gasteiger partial charge in [0.05, 0.1) is 0 Å². The van der Waals surface area contributed by atoms with Crippen molar-refractivity contribution in [2.75, 3.05) is 0 Å². The molecule has 0 aliphatic carbocycles. The van der Waals surface area contributed by atoms with E-state index in [1.54, 1.807) is 18.2 Å². The van der Waals surface area contributed by atoms with Crippen molar-refractivity contribution >= 4 is 0 Å². The van der Waals surface area contributed by atoms with Gasteiger partial charge in [-0.2, -0.15) is 0 Å². The van der Waals surface area contributed by atoms with Crippen molar-refractivity contribution in [3.63, 3.8) is 0 Å². The van der Waals surface area contributed by atoms with E-state index in [1.807, 2.05) is 0 Å². The summed E-state index contributed by atoms with van der Waals surface area (Å²) >= 11 is 0. The fourth-order valence-electron chi connectivity index (χ4n) is 1.26. The third-order valence-corrected chi connectivity index (χ3v) is 2.04. The summed E-state index contributed by atoms with van der Waals surface area (Å²) in [5.41, 5.74) is 0.670. The maximum absolute atomic E-state index is 12.6. The molecule has 0 fully saturated rings. The van der Waals surface area contributed by atoms with Crippen LogP contribution in [0.3, 0.4) is 0 Å². The second-order valence-corrected chi connectivity index (χ2v) is 3.09. The molecule has 3 nitrogen and oxygen atoms in total. The molecule has 2 N–H and O–H groups in total. The first-order valence-corrected chi connectivity index (χ1v) is 4.35. The number of hydrogen-bond acceptors (Lipinski definition) is 2. The van der Waals surface area contributed by atoms with Gasteiger partial charge in [-0.1, -0.05) is 0 Å². The van der Waals surface area contributed by atoms with E-state index in [9.17, 15) is 9.18 Å². The van der Waals surface area contributed by atoms with Gasteiger partial charge in [-0.3, -0.25) is 4.79 Å². The van der Waals surface area contributed by atoms with Crippen LogP contribution < -0.4 is 5.56 Å². The van der Waals surface area contributed by atoms with Crippen LogP contribution in [0.4, 0.5) is 4.39 Å². The van der Waals surface area contributed by atoms with Crippen LogP contribution in [0.1, 0.15) is 0 Å². The molecular formula is C11H8FNO2. The minimum absolute atomic E-state index is 0.333. The Kier molecular flexibility index (Phi) is 2.25. The lowest BCUT2D eigenvalue weighted by Crippen LogP contribution is -2.05. The zero-order valence-corrected chi connectivity index (χ0v) is 7.70. The van der Waals surface area contributed by atoms with E-state index < -0.39 is 5.56 Å². The van der Waals surface area contributed by atoms with Gasteiger partial charge in [-0.25, -0.2) is 4.39 Å². The Morgan fingerprint density at radius 1 is 1.07 bits per heavy atom. The largest absolute Gasteiger partial charge is 0.503 e. The average molecular weight is 205 g/mol. The summed E-state index contributed by atoms with van der Waals surface area (Å²) in [5, 5.41) is 9.03. The van der Waals surface area contributed by atoms with Crippen molar-refractivity contribution in [2.24, 2.45) is 0 Å². The zero-order valence-electron chi connectivity index (χ0n) is 7.70. The Balaban J connectivity index is 2.50. The summed E-state index contributed by atoms with van der Waals surface area (Å²) in [6.07, 6.45) is 0. The van der Waals surface area contributed by atoms with E-state index >= 15 is 0 Å². The monoisotopic (exact) mass is 205 g/mol. The Morgan fingerprint density at radius 3 is 2.33 bits per heavy atom. The van der Waals surface area contributed by atoms with Gasteiger partial charge in [0.25, 0.3) is 5.56 Å². The molecule has 4 heteroatoms. The SMILES string of the molecule is O=c1[nH]c(-c2ccc(F)cc2)ccc1O. The number of H-pyrrole nitrogens is 1. The number of halogens is 1. The van der Waals surface area contributed by atoms with Gasteiger partial charge in [0.2, 0.25) is 0 Å². The molecule has 1 aromatic carbocycles. The normalized spacial score (nSPS) is 10.2. The molecule has 0 saturated carbocycles. The molecule has 0 spiro atoms. The van der Waals surface area contributed by atoms with Crippen LogP contribution in [-0.2, 0) is 0 Å². The first-order chi connectivity index (χ1) is 7.16. The van der Waals surface area contributed by atoms with E-state index in [1.165, 1.54) is 18.2 Å². The Hall–Kier alpha value is -2.10. The van der Waals surface area contributed by atoms with Crippen LogP contribution in [0.5, 0.6) is 5.75 Å². The fourth-order valence-corrected chi connectivity index (χ4v) is 1.26. The van der Waals surface area contributed by atoms with Crippen molar-refractivity contribution in [1.82, 2.24) is 4.98 Å². The predicted molar refractivity (Wildman–Crippen MR) is 54.1 cm³/mol. The highest BCUT2D eigenvalue weighted by Gasteiger charge is 2.01. The van der Waals surface area contributed by atoms with Crippen LogP contribution in [0, 0.1) is 5.82 Å². The molecule has 0 aliphatic heterocycles. The van der Waals surface area contributed by atoms with Crippen LogP contribution in [-0.4, -0.2) is 10.1 Å². The lowest BCUT2D eigenvalue weighted by molar-refractivity contribution is 0.467. The van der Waals surface area contributed by atoms with Gasteiger partial charge >= 0.3 is 0 Å². The summed E-state index contributed by atoms with van der Waals surface area (Å²) in [7, 11) is 0. The fraction of sp³-hybridized carbons (Fsp3) is 0.